The average Bonchev–Trinajstić information content (AvgIpc) is 2.87. The number of sulfonamides is 1. The molecule has 1 fully saturated rings. The van der Waals surface area contributed by atoms with Gasteiger partial charge in [-0.25, -0.2) is 8.42 Å². The molecule has 3 rings (SSSR count). The summed E-state index contributed by atoms with van der Waals surface area (Å²) in [6, 6.07) is 13.0. The van der Waals surface area contributed by atoms with E-state index in [1.54, 1.807) is 17.9 Å². The van der Waals surface area contributed by atoms with E-state index in [4.69, 9.17) is 0 Å². The number of rotatable bonds is 11. The van der Waals surface area contributed by atoms with Gasteiger partial charge in [-0.3, -0.25) is 13.9 Å². The Morgan fingerprint density at radius 2 is 1.63 bits per heavy atom. The lowest BCUT2D eigenvalue weighted by atomic mass is 9.95. The third kappa shape index (κ3) is 7.82. The largest absolute Gasteiger partial charge is 0.352 e. The van der Waals surface area contributed by atoms with Crippen LogP contribution in [-0.4, -0.2) is 50.0 Å². The first-order valence-corrected chi connectivity index (χ1v) is 15.5. The first kappa shape index (κ1) is 29.7. The normalized spacial score (nSPS) is 15.1. The Labute approximate surface area is 228 Å². The second kappa shape index (κ2) is 13.3. The minimum Gasteiger partial charge on any atom is -0.352 e. The predicted molar refractivity (Wildman–Crippen MR) is 154 cm³/mol. The second-order valence-corrected chi connectivity index (χ2v) is 12.5. The molecule has 1 atom stereocenters. The van der Waals surface area contributed by atoms with Gasteiger partial charge in [-0.2, -0.15) is 0 Å². The number of anilines is 1. The van der Waals surface area contributed by atoms with E-state index in [0.29, 0.717) is 18.7 Å². The average molecular weight is 542 g/mol. The highest BCUT2D eigenvalue weighted by atomic mass is 32.2. The molecule has 0 saturated heterocycles. The number of benzene rings is 2. The van der Waals surface area contributed by atoms with Gasteiger partial charge in [0.2, 0.25) is 21.8 Å². The van der Waals surface area contributed by atoms with E-state index < -0.39 is 16.1 Å². The highest BCUT2D eigenvalue weighted by molar-refractivity contribution is 7.92. The summed E-state index contributed by atoms with van der Waals surface area (Å²) < 4.78 is 26.7. The highest BCUT2D eigenvalue weighted by Crippen LogP contribution is 2.26. The van der Waals surface area contributed by atoms with Gasteiger partial charge in [0, 0.05) is 25.6 Å². The van der Waals surface area contributed by atoms with E-state index in [-0.39, 0.29) is 30.8 Å². The molecule has 8 heteroatoms. The van der Waals surface area contributed by atoms with Crippen molar-refractivity contribution in [1.82, 2.24) is 10.2 Å². The first-order chi connectivity index (χ1) is 18.0. The summed E-state index contributed by atoms with van der Waals surface area (Å²) in [7, 11) is -3.53. The molecule has 2 amide bonds. The van der Waals surface area contributed by atoms with Gasteiger partial charge < -0.3 is 10.2 Å². The zero-order chi connectivity index (χ0) is 27.9. The summed E-state index contributed by atoms with van der Waals surface area (Å²) in [5.74, 6) is -0.291. The Morgan fingerprint density at radius 1 is 0.974 bits per heavy atom. The Kier molecular flexibility index (Phi) is 10.4. The molecule has 0 aliphatic heterocycles. The number of hydrogen-bond donors (Lipinski definition) is 1. The summed E-state index contributed by atoms with van der Waals surface area (Å²) in [5.41, 5.74) is 4.60. The van der Waals surface area contributed by atoms with Crippen molar-refractivity contribution >= 4 is 27.5 Å². The number of nitrogens with zero attached hydrogens (tertiary/aromatic N) is 2. The molecule has 2 aromatic rings. The number of hydrogen-bond acceptors (Lipinski definition) is 4. The molecule has 0 bridgehead atoms. The monoisotopic (exact) mass is 541 g/mol. The molecule has 1 aliphatic rings. The van der Waals surface area contributed by atoms with Gasteiger partial charge in [0.15, 0.2) is 0 Å². The maximum absolute atomic E-state index is 13.6. The lowest BCUT2D eigenvalue weighted by Gasteiger charge is -2.32. The Hall–Kier alpha value is -2.87. The molecule has 0 heterocycles. The van der Waals surface area contributed by atoms with Crippen molar-refractivity contribution in [2.24, 2.45) is 0 Å². The van der Waals surface area contributed by atoms with E-state index in [2.05, 4.69) is 5.32 Å². The van der Waals surface area contributed by atoms with E-state index in [1.807, 2.05) is 57.2 Å². The van der Waals surface area contributed by atoms with Gasteiger partial charge in [0.1, 0.15) is 6.04 Å². The van der Waals surface area contributed by atoms with Crippen LogP contribution < -0.4 is 9.62 Å². The van der Waals surface area contributed by atoms with Crippen molar-refractivity contribution in [3.05, 3.63) is 64.7 Å². The van der Waals surface area contributed by atoms with Crippen LogP contribution in [0.1, 0.15) is 74.1 Å². The van der Waals surface area contributed by atoms with E-state index in [0.717, 1.165) is 47.9 Å². The molecule has 0 radical (unpaired) electrons. The van der Waals surface area contributed by atoms with Gasteiger partial charge in [-0.15, -0.1) is 0 Å². The molecular formula is C30H43N3O4S. The molecule has 1 saturated carbocycles. The minimum absolute atomic E-state index is 0.132. The summed E-state index contributed by atoms with van der Waals surface area (Å²) in [6.07, 6.45) is 7.06. The zero-order valence-electron chi connectivity index (χ0n) is 23.5. The third-order valence-electron chi connectivity index (χ3n) is 7.72. The topological polar surface area (TPSA) is 86.8 Å². The number of carbonyl (C=O) groups is 2. The van der Waals surface area contributed by atoms with Crippen LogP contribution in [0.2, 0.25) is 0 Å². The Bertz CT molecular complexity index is 1220. The fourth-order valence-electron chi connectivity index (χ4n) is 5.11. The molecule has 0 unspecified atom stereocenters. The van der Waals surface area contributed by atoms with Crippen molar-refractivity contribution < 1.29 is 18.0 Å². The van der Waals surface area contributed by atoms with Crippen LogP contribution in [0.3, 0.4) is 0 Å². The van der Waals surface area contributed by atoms with Gasteiger partial charge >= 0.3 is 0 Å². The van der Waals surface area contributed by atoms with Crippen LogP contribution in [0, 0.1) is 20.8 Å². The van der Waals surface area contributed by atoms with Crippen LogP contribution in [0.15, 0.2) is 42.5 Å². The van der Waals surface area contributed by atoms with Crippen LogP contribution >= 0.6 is 0 Å². The summed E-state index contributed by atoms with van der Waals surface area (Å²) in [5, 5.41) is 3.16. The molecular weight excluding hydrogens is 498 g/mol. The molecule has 38 heavy (non-hydrogen) atoms. The highest BCUT2D eigenvalue weighted by Gasteiger charge is 2.29. The van der Waals surface area contributed by atoms with E-state index >= 15 is 0 Å². The van der Waals surface area contributed by atoms with Crippen LogP contribution in [0.5, 0.6) is 0 Å². The van der Waals surface area contributed by atoms with Crippen molar-refractivity contribution in [2.75, 3.05) is 17.1 Å². The van der Waals surface area contributed by atoms with Crippen molar-refractivity contribution in [3.8, 4) is 0 Å². The summed E-state index contributed by atoms with van der Waals surface area (Å²) >= 11 is 0. The first-order valence-electron chi connectivity index (χ1n) is 13.7. The number of amides is 2. The van der Waals surface area contributed by atoms with Gasteiger partial charge in [-0.05, 0) is 75.3 Å². The van der Waals surface area contributed by atoms with Gasteiger partial charge in [0.25, 0.3) is 0 Å². The molecule has 7 nitrogen and oxygen atoms in total. The fourth-order valence-corrected chi connectivity index (χ4v) is 6.13. The van der Waals surface area contributed by atoms with Gasteiger partial charge in [-0.1, -0.05) is 55.7 Å². The molecule has 0 spiro atoms. The molecule has 2 aromatic carbocycles. The molecule has 208 valence electrons. The standard InChI is InChI=1S/C30H43N3O4S/c1-22-14-11-18-28(24(22)3)33(38(5,36)37)20-12-19-29(34)32(21-26-15-10-9-13-23(26)2)25(4)30(35)31-27-16-7-6-8-17-27/h9-11,13-15,18,25,27H,6-8,12,16-17,19-21H2,1-5H3,(H,31,35)/t25-/m1/s1. The lowest BCUT2D eigenvalue weighted by Crippen LogP contribution is -2.50. The van der Waals surface area contributed by atoms with Crippen LogP contribution in [0.4, 0.5) is 5.69 Å². The smallest absolute Gasteiger partial charge is 0.242 e. The number of nitrogens with one attached hydrogen (secondary N) is 1. The summed E-state index contributed by atoms with van der Waals surface area (Å²) in [4.78, 5) is 28.4. The predicted octanol–water partition coefficient (Wildman–Crippen LogP) is 5.02. The Balaban J connectivity index is 1.75. The van der Waals surface area contributed by atoms with Gasteiger partial charge in [0.05, 0.1) is 11.9 Å². The van der Waals surface area contributed by atoms with Crippen molar-refractivity contribution in [2.45, 2.75) is 91.3 Å². The van der Waals surface area contributed by atoms with E-state index in [9.17, 15) is 18.0 Å². The SMILES string of the molecule is Cc1ccccc1CN(C(=O)CCCN(c1cccc(C)c1C)S(C)(=O)=O)[C@H](C)C(=O)NC1CCCCC1. The fraction of sp³-hybridized carbons (Fsp3) is 0.533. The summed E-state index contributed by atoms with van der Waals surface area (Å²) in [6.45, 7) is 8.16. The molecule has 0 aromatic heterocycles. The quantitative estimate of drug-likeness (QED) is 0.433. The molecule has 1 N–H and O–H groups in total. The van der Waals surface area contributed by atoms with Crippen molar-refractivity contribution in [1.29, 1.82) is 0 Å². The van der Waals surface area contributed by atoms with E-state index in [1.165, 1.54) is 17.0 Å². The maximum atomic E-state index is 13.6. The van der Waals surface area contributed by atoms with Crippen molar-refractivity contribution in [3.63, 3.8) is 0 Å². The minimum atomic E-state index is -3.53. The number of aryl methyl sites for hydroxylation is 2. The third-order valence-corrected chi connectivity index (χ3v) is 8.90. The molecule has 1 aliphatic carbocycles. The Morgan fingerprint density at radius 3 is 2.29 bits per heavy atom. The number of carbonyl (C=O) groups excluding carboxylic acids is 2. The van der Waals surface area contributed by atoms with Crippen LogP contribution in [-0.2, 0) is 26.2 Å². The second-order valence-electron chi connectivity index (χ2n) is 10.6. The van der Waals surface area contributed by atoms with Crippen LogP contribution in [0.25, 0.3) is 0 Å². The maximum Gasteiger partial charge on any atom is 0.242 e. The zero-order valence-corrected chi connectivity index (χ0v) is 24.3. The lowest BCUT2D eigenvalue weighted by molar-refractivity contribution is -0.141.